The maximum absolute atomic E-state index is 12.8. The summed E-state index contributed by atoms with van der Waals surface area (Å²) < 4.78 is 16.2. The minimum atomic E-state index is -2.10. The van der Waals surface area contributed by atoms with E-state index in [2.05, 4.69) is 11.9 Å². The van der Waals surface area contributed by atoms with Crippen LogP contribution in [0.25, 0.3) is 0 Å². The predicted octanol–water partition coefficient (Wildman–Crippen LogP) is 2.15. The molecule has 0 aromatic heterocycles. The first-order chi connectivity index (χ1) is 18.6. The van der Waals surface area contributed by atoms with E-state index in [0.29, 0.717) is 11.5 Å². The number of ketones is 1. The largest absolute Gasteiger partial charge is 0.465 e. The van der Waals surface area contributed by atoms with E-state index in [1.807, 2.05) is 12.1 Å². The molecule has 10 nitrogen and oxygen atoms in total. The summed E-state index contributed by atoms with van der Waals surface area (Å²) in [5.41, 5.74) is 1.74. The van der Waals surface area contributed by atoms with E-state index < -0.39 is 54.5 Å². The zero-order chi connectivity index (χ0) is 28.6. The van der Waals surface area contributed by atoms with Gasteiger partial charge in [0.1, 0.15) is 12.2 Å². The molecule has 0 radical (unpaired) electrons. The predicted molar refractivity (Wildman–Crippen MR) is 142 cm³/mol. The highest BCUT2D eigenvalue weighted by Gasteiger charge is 2.56. The number of Topliss-reactive ketones (excluding diaryl/α,β-unsaturated/α-hetero) is 1. The number of rotatable bonds is 12. The van der Waals surface area contributed by atoms with Crippen molar-refractivity contribution in [3.63, 3.8) is 0 Å². The van der Waals surface area contributed by atoms with Crippen LogP contribution in [0.15, 0.2) is 36.9 Å². The smallest absolute Gasteiger partial charge is 0.366 e. The van der Waals surface area contributed by atoms with E-state index in [9.17, 15) is 29.7 Å². The number of methoxy groups -OCH3 is 1. The number of aliphatic hydroxyl groups is 3. The summed E-state index contributed by atoms with van der Waals surface area (Å²) in [6, 6.07) is 6.40. The van der Waals surface area contributed by atoms with Gasteiger partial charge in [0.05, 0.1) is 32.0 Å². The van der Waals surface area contributed by atoms with Crippen LogP contribution in [-0.2, 0) is 23.8 Å². The normalized spacial score (nSPS) is 27.3. The lowest BCUT2D eigenvalue weighted by molar-refractivity contribution is -0.309. The molecule has 10 heteroatoms. The van der Waals surface area contributed by atoms with Gasteiger partial charge >= 0.3 is 5.97 Å². The maximum atomic E-state index is 12.8. The fraction of sp³-hybridized carbons (Fsp3) is 0.621. The number of carbonyl (C=O) groups excluding carboxylic acids is 3. The van der Waals surface area contributed by atoms with Crippen LogP contribution < -0.4 is 5.32 Å². The number of esters is 1. The van der Waals surface area contributed by atoms with Crippen LogP contribution in [-0.4, -0.2) is 82.9 Å². The highest BCUT2D eigenvalue weighted by molar-refractivity contribution is 5.96. The topological polar surface area (TPSA) is 152 Å². The lowest BCUT2D eigenvalue weighted by atomic mass is 9.83. The molecule has 1 aromatic carbocycles. The fourth-order valence-corrected chi connectivity index (χ4v) is 5.48. The van der Waals surface area contributed by atoms with Gasteiger partial charge in [0, 0.05) is 25.3 Å². The van der Waals surface area contributed by atoms with E-state index in [1.165, 1.54) is 37.8 Å². The summed E-state index contributed by atoms with van der Waals surface area (Å²) in [5, 5.41) is 35.2. The van der Waals surface area contributed by atoms with Gasteiger partial charge in [0.15, 0.2) is 5.78 Å². The first-order valence-electron chi connectivity index (χ1n) is 13.6. The summed E-state index contributed by atoms with van der Waals surface area (Å²) in [7, 11) is 1.12. The van der Waals surface area contributed by atoms with Crippen molar-refractivity contribution < 1.29 is 43.9 Å². The number of nitrogens with one attached hydrogen (secondary N) is 1. The zero-order valence-electron chi connectivity index (χ0n) is 22.7. The van der Waals surface area contributed by atoms with Crippen molar-refractivity contribution in [3.05, 3.63) is 48.0 Å². The summed E-state index contributed by atoms with van der Waals surface area (Å²) in [6.45, 7) is 4.63. The lowest BCUT2D eigenvalue weighted by Gasteiger charge is -2.46. The highest BCUT2D eigenvalue weighted by Crippen LogP contribution is 2.35. The van der Waals surface area contributed by atoms with Gasteiger partial charge in [-0.2, -0.15) is 0 Å². The molecule has 2 fully saturated rings. The molecule has 0 spiro atoms. The Hall–Kier alpha value is -2.63. The Morgan fingerprint density at radius 3 is 2.44 bits per heavy atom. The molecule has 1 amide bonds. The number of carbonyl (C=O) groups is 3. The van der Waals surface area contributed by atoms with Crippen molar-refractivity contribution in [2.75, 3.05) is 13.7 Å². The third-order valence-electron chi connectivity index (χ3n) is 7.58. The Labute approximate surface area is 229 Å². The van der Waals surface area contributed by atoms with Crippen LogP contribution in [0.5, 0.6) is 0 Å². The quantitative estimate of drug-likeness (QED) is 0.175. The monoisotopic (exact) mass is 547 g/mol. The molecule has 3 rings (SSSR count). The summed E-state index contributed by atoms with van der Waals surface area (Å²) in [4.78, 5) is 37.3. The average molecular weight is 548 g/mol. The first-order valence-corrected chi connectivity index (χ1v) is 13.6. The Bertz CT molecular complexity index is 991. The molecule has 1 aliphatic heterocycles. The Morgan fingerprint density at radius 1 is 1.18 bits per heavy atom. The minimum absolute atomic E-state index is 0.0593. The van der Waals surface area contributed by atoms with Gasteiger partial charge in [-0.15, -0.1) is 6.58 Å². The minimum Gasteiger partial charge on any atom is -0.465 e. The van der Waals surface area contributed by atoms with Crippen molar-refractivity contribution >= 4 is 17.7 Å². The van der Waals surface area contributed by atoms with Crippen molar-refractivity contribution in [3.8, 4) is 0 Å². The van der Waals surface area contributed by atoms with Crippen LogP contribution >= 0.6 is 0 Å². The van der Waals surface area contributed by atoms with Crippen molar-refractivity contribution in [1.29, 1.82) is 0 Å². The number of ether oxygens (including phenoxy) is 3. The van der Waals surface area contributed by atoms with Crippen LogP contribution in [0.1, 0.15) is 80.1 Å². The fourth-order valence-electron chi connectivity index (χ4n) is 5.48. The van der Waals surface area contributed by atoms with E-state index in [-0.39, 0.29) is 25.2 Å². The van der Waals surface area contributed by atoms with Gasteiger partial charge in [0.25, 0.3) is 5.79 Å². The second-order valence-corrected chi connectivity index (χ2v) is 10.4. The van der Waals surface area contributed by atoms with E-state index in [0.717, 1.165) is 20.0 Å². The van der Waals surface area contributed by atoms with Crippen LogP contribution in [0.2, 0.25) is 0 Å². The third kappa shape index (κ3) is 7.73. The maximum Gasteiger partial charge on any atom is 0.366 e. The molecule has 1 aromatic rings. The van der Waals surface area contributed by atoms with Gasteiger partial charge in [-0.05, 0) is 30.7 Å². The number of aliphatic hydroxyl groups excluding tert-OH is 3. The Balaban J connectivity index is 1.70. The van der Waals surface area contributed by atoms with Crippen LogP contribution in [0, 0.1) is 0 Å². The molecule has 0 bridgehead atoms. The van der Waals surface area contributed by atoms with Crippen LogP contribution in [0.4, 0.5) is 0 Å². The second kappa shape index (κ2) is 14.1. The van der Waals surface area contributed by atoms with Gasteiger partial charge in [-0.25, -0.2) is 4.79 Å². The number of hydrogen-bond acceptors (Lipinski definition) is 9. The Kier molecular flexibility index (Phi) is 11.2. The molecular formula is C29H41NO9. The molecule has 216 valence electrons. The van der Waals surface area contributed by atoms with Crippen LogP contribution in [0.3, 0.4) is 0 Å². The first kappa shape index (κ1) is 30.9. The molecule has 1 saturated heterocycles. The van der Waals surface area contributed by atoms with E-state index >= 15 is 0 Å². The molecule has 39 heavy (non-hydrogen) atoms. The van der Waals surface area contributed by atoms with Crippen molar-refractivity contribution in [1.82, 2.24) is 5.32 Å². The van der Waals surface area contributed by atoms with Gasteiger partial charge in [-0.3, -0.25) is 9.59 Å². The number of hydrogen-bond donors (Lipinski definition) is 4. The summed E-state index contributed by atoms with van der Waals surface area (Å²) in [6.07, 6.45) is 0.811. The zero-order valence-corrected chi connectivity index (χ0v) is 22.7. The molecule has 1 aliphatic carbocycles. The molecule has 2 aliphatic rings. The standard InChI is InChI=1S/C29H41NO9/c1-4-16-38-29(28(36)37-3)17-24(34)25(30-18(2)31)27(39-29)26(35)23(33)15-14-22(32)21-12-10-20(11-13-21)19-8-6-5-7-9-19/h4,10-13,19,23-27,33-35H,1,5-9,14-17H2,2-3H3,(H,30,31)/t23-,24-,25-,26-,27?,29-/m1/s1. The van der Waals surface area contributed by atoms with Gasteiger partial charge < -0.3 is 34.8 Å². The number of benzene rings is 1. The lowest BCUT2D eigenvalue weighted by Crippen LogP contribution is -2.67. The Morgan fingerprint density at radius 2 is 1.85 bits per heavy atom. The van der Waals surface area contributed by atoms with E-state index in [4.69, 9.17) is 14.2 Å². The summed E-state index contributed by atoms with van der Waals surface area (Å²) in [5.74, 6) is -3.24. The summed E-state index contributed by atoms with van der Waals surface area (Å²) >= 11 is 0. The molecule has 1 heterocycles. The molecule has 6 atom stereocenters. The third-order valence-corrected chi connectivity index (χ3v) is 7.58. The molecule has 1 saturated carbocycles. The SMILES string of the molecule is C=CCO[C@]1(C(=O)OC)C[C@@H](O)[C@@H](NC(C)=O)C([C@H](O)[C@H](O)CCC(=O)c2ccc(C3CCCCC3)cc2)O1. The van der Waals surface area contributed by atoms with E-state index in [1.54, 1.807) is 12.1 Å². The number of amides is 1. The van der Waals surface area contributed by atoms with Gasteiger partial charge in [-0.1, -0.05) is 49.6 Å². The second-order valence-electron chi connectivity index (χ2n) is 10.4. The molecule has 1 unspecified atom stereocenters. The molecule has 4 N–H and O–H groups in total. The van der Waals surface area contributed by atoms with Crippen molar-refractivity contribution in [2.24, 2.45) is 0 Å². The molecular weight excluding hydrogens is 506 g/mol. The average Bonchev–Trinajstić information content (AvgIpc) is 2.95. The van der Waals surface area contributed by atoms with Crippen molar-refractivity contribution in [2.45, 2.75) is 100 Å². The highest BCUT2D eigenvalue weighted by atomic mass is 16.7. The van der Waals surface area contributed by atoms with Gasteiger partial charge in [0.2, 0.25) is 5.91 Å².